The molecule has 7 nitrogen and oxygen atoms in total. The highest BCUT2D eigenvalue weighted by atomic mass is 35.5. The molecule has 0 bridgehead atoms. The van der Waals surface area contributed by atoms with E-state index in [9.17, 15) is 9.59 Å². The van der Waals surface area contributed by atoms with E-state index >= 15 is 0 Å². The number of nitrogens with zero attached hydrogens (tertiary/aromatic N) is 3. The third-order valence-electron chi connectivity index (χ3n) is 4.67. The van der Waals surface area contributed by atoms with Gasteiger partial charge >= 0.3 is 0 Å². The molecule has 1 N–H and O–H groups in total. The van der Waals surface area contributed by atoms with Gasteiger partial charge in [-0.3, -0.25) is 14.5 Å². The summed E-state index contributed by atoms with van der Waals surface area (Å²) in [6.07, 6.45) is 1.50. The highest BCUT2D eigenvalue weighted by Crippen LogP contribution is 2.12. The van der Waals surface area contributed by atoms with Crippen LogP contribution in [0.2, 0.25) is 0 Å². The molecule has 0 radical (unpaired) electrons. The normalized spacial score (nSPS) is 19.6. The smallest absolute Gasteiger partial charge is 0.289 e. The molecule has 25 heavy (non-hydrogen) atoms. The summed E-state index contributed by atoms with van der Waals surface area (Å²) in [5.41, 5.74) is 0. The first-order valence-electron chi connectivity index (χ1n) is 8.23. The molecule has 1 atom stereocenters. The van der Waals surface area contributed by atoms with Crippen molar-refractivity contribution in [3.05, 3.63) is 24.2 Å². The molecule has 0 saturated carbocycles. The van der Waals surface area contributed by atoms with Gasteiger partial charge in [-0.15, -0.1) is 24.8 Å². The third-order valence-corrected chi connectivity index (χ3v) is 4.67. The quantitative estimate of drug-likeness (QED) is 0.819. The molecular formula is C16H26Cl2N4O3. The minimum atomic E-state index is -0.0998. The lowest BCUT2D eigenvalue weighted by atomic mass is 10.2. The molecule has 3 heterocycles. The largest absolute Gasteiger partial charge is 0.459 e. The second-order valence-corrected chi connectivity index (χ2v) is 6.06. The van der Waals surface area contributed by atoms with Gasteiger partial charge in [-0.05, 0) is 19.1 Å². The molecule has 142 valence electrons. The van der Waals surface area contributed by atoms with Crippen LogP contribution in [-0.2, 0) is 4.79 Å². The van der Waals surface area contributed by atoms with Crippen LogP contribution >= 0.6 is 24.8 Å². The maximum Gasteiger partial charge on any atom is 0.289 e. The highest BCUT2D eigenvalue weighted by Gasteiger charge is 2.30. The Morgan fingerprint density at radius 3 is 2.20 bits per heavy atom. The van der Waals surface area contributed by atoms with Crippen LogP contribution in [0.5, 0.6) is 0 Å². The first kappa shape index (κ1) is 21.8. The lowest BCUT2D eigenvalue weighted by Crippen LogP contribution is -2.57. The Hall–Kier alpha value is -1.28. The van der Waals surface area contributed by atoms with Crippen LogP contribution in [0.15, 0.2) is 22.8 Å². The topological polar surface area (TPSA) is 69.0 Å². The monoisotopic (exact) mass is 392 g/mol. The molecule has 2 amide bonds. The fraction of sp³-hybridized carbons (Fsp3) is 0.625. The van der Waals surface area contributed by atoms with Crippen LogP contribution in [0, 0.1) is 0 Å². The van der Waals surface area contributed by atoms with Crippen LogP contribution < -0.4 is 5.32 Å². The molecule has 0 aromatic carbocycles. The fourth-order valence-corrected chi connectivity index (χ4v) is 3.18. The first-order valence-corrected chi connectivity index (χ1v) is 8.23. The van der Waals surface area contributed by atoms with E-state index in [2.05, 4.69) is 10.2 Å². The fourth-order valence-electron chi connectivity index (χ4n) is 3.18. The van der Waals surface area contributed by atoms with Crippen molar-refractivity contribution in [1.82, 2.24) is 20.0 Å². The zero-order valence-electron chi connectivity index (χ0n) is 14.3. The second-order valence-electron chi connectivity index (χ2n) is 6.06. The van der Waals surface area contributed by atoms with E-state index < -0.39 is 0 Å². The first-order chi connectivity index (χ1) is 11.2. The SMILES string of the molecule is CC(C(=O)N1CCN(C(=O)c2ccco2)CC1)N1CCNCC1.Cl.Cl. The molecule has 0 spiro atoms. The van der Waals surface area contributed by atoms with Crippen LogP contribution in [0.25, 0.3) is 0 Å². The summed E-state index contributed by atoms with van der Waals surface area (Å²) in [5.74, 6) is 0.424. The second kappa shape index (κ2) is 10.0. The number of piperazine rings is 2. The maximum absolute atomic E-state index is 12.6. The number of nitrogens with one attached hydrogen (secondary N) is 1. The summed E-state index contributed by atoms with van der Waals surface area (Å²) in [6.45, 7) is 7.94. The Morgan fingerprint density at radius 1 is 1.04 bits per heavy atom. The summed E-state index contributed by atoms with van der Waals surface area (Å²) in [5, 5.41) is 3.30. The molecule has 1 aromatic heterocycles. The number of rotatable bonds is 3. The van der Waals surface area contributed by atoms with Crippen molar-refractivity contribution < 1.29 is 14.0 Å². The van der Waals surface area contributed by atoms with Gasteiger partial charge in [0.05, 0.1) is 12.3 Å². The standard InChI is InChI=1S/C16H24N4O3.2ClH/c1-13(18-6-4-17-5-7-18)15(21)19-8-10-20(11-9-19)16(22)14-3-2-12-23-14;;/h2-3,12-13,17H,4-11H2,1H3;2*1H. The molecule has 3 rings (SSSR count). The van der Waals surface area contributed by atoms with Gasteiger partial charge in [-0.1, -0.05) is 0 Å². The van der Waals surface area contributed by atoms with Gasteiger partial charge in [0.15, 0.2) is 5.76 Å². The summed E-state index contributed by atoms with van der Waals surface area (Å²) >= 11 is 0. The van der Waals surface area contributed by atoms with E-state index in [4.69, 9.17) is 4.42 Å². The molecule has 0 aliphatic carbocycles. The van der Waals surface area contributed by atoms with Crippen LogP contribution in [-0.4, -0.2) is 84.9 Å². The Kier molecular flexibility index (Phi) is 8.71. The number of hydrogen-bond donors (Lipinski definition) is 1. The van der Waals surface area contributed by atoms with E-state index in [-0.39, 0.29) is 42.7 Å². The lowest BCUT2D eigenvalue weighted by molar-refractivity contribution is -0.138. The van der Waals surface area contributed by atoms with Gasteiger partial charge in [-0.25, -0.2) is 0 Å². The predicted molar refractivity (Wildman–Crippen MR) is 99.6 cm³/mol. The van der Waals surface area contributed by atoms with Gasteiger partial charge in [0.1, 0.15) is 0 Å². The van der Waals surface area contributed by atoms with Gasteiger partial charge < -0.3 is 19.5 Å². The minimum absolute atomic E-state index is 0. The molecule has 9 heteroatoms. The van der Waals surface area contributed by atoms with Crippen molar-refractivity contribution >= 4 is 36.6 Å². The van der Waals surface area contributed by atoms with Crippen molar-refractivity contribution in [2.45, 2.75) is 13.0 Å². The molecule has 2 aliphatic heterocycles. The summed E-state index contributed by atoms with van der Waals surface area (Å²) in [6, 6.07) is 3.29. The third kappa shape index (κ3) is 5.10. The number of carbonyl (C=O) groups is 2. The average Bonchev–Trinajstić information content (AvgIpc) is 3.15. The summed E-state index contributed by atoms with van der Waals surface area (Å²) < 4.78 is 5.16. The zero-order valence-corrected chi connectivity index (χ0v) is 16.0. The number of halogens is 2. The van der Waals surface area contributed by atoms with Gasteiger partial charge in [-0.2, -0.15) is 0 Å². The highest BCUT2D eigenvalue weighted by molar-refractivity contribution is 5.91. The number of furan rings is 1. The van der Waals surface area contributed by atoms with Crippen molar-refractivity contribution in [2.24, 2.45) is 0 Å². The molecule has 2 fully saturated rings. The van der Waals surface area contributed by atoms with Crippen LogP contribution in [0.1, 0.15) is 17.5 Å². The van der Waals surface area contributed by atoms with E-state index in [0.717, 1.165) is 26.2 Å². The number of hydrogen-bond acceptors (Lipinski definition) is 5. The zero-order chi connectivity index (χ0) is 16.2. The molecule has 2 saturated heterocycles. The van der Waals surface area contributed by atoms with Crippen molar-refractivity contribution in [3.63, 3.8) is 0 Å². The van der Waals surface area contributed by atoms with Gasteiger partial charge in [0.25, 0.3) is 5.91 Å². The van der Waals surface area contributed by atoms with E-state index in [1.54, 1.807) is 17.0 Å². The Balaban J connectivity index is 0.00000156. The summed E-state index contributed by atoms with van der Waals surface area (Å²) in [4.78, 5) is 30.7. The van der Waals surface area contributed by atoms with E-state index in [1.165, 1.54) is 6.26 Å². The Bertz CT molecular complexity index is 542. The Labute approximate surface area is 160 Å². The van der Waals surface area contributed by atoms with Crippen LogP contribution in [0.3, 0.4) is 0 Å². The van der Waals surface area contributed by atoms with Crippen molar-refractivity contribution in [3.8, 4) is 0 Å². The number of carbonyl (C=O) groups excluding carboxylic acids is 2. The van der Waals surface area contributed by atoms with Crippen molar-refractivity contribution in [1.29, 1.82) is 0 Å². The van der Waals surface area contributed by atoms with E-state index in [1.807, 2.05) is 11.8 Å². The van der Waals surface area contributed by atoms with Gasteiger partial charge in [0, 0.05) is 52.4 Å². The molecule has 2 aliphatic rings. The summed E-state index contributed by atoms with van der Waals surface area (Å²) in [7, 11) is 0. The Morgan fingerprint density at radius 2 is 1.64 bits per heavy atom. The molecule has 1 unspecified atom stereocenters. The van der Waals surface area contributed by atoms with Crippen molar-refractivity contribution in [2.75, 3.05) is 52.4 Å². The average molecular weight is 393 g/mol. The minimum Gasteiger partial charge on any atom is -0.459 e. The molecule has 1 aromatic rings. The van der Waals surface area contributed by atoms with Gasteiger partial charge in [0.2, 0.25) is 5.91 Å². The predicted octanol–water partition coefficient (Wildman–Crippen LogP) is 0.701. The van der Waals surface area contributed by atoms with E-state index in [0.29, 0.717) is 31.9 Å². The number of amides is 2. The van der Waals surface area contributed by atoms with Crippen LogP contribution in [0.4, 0.5) is 0 Å². The lowest BCUT2D eigenvalue weighted by Gasteiger charge is -2.39. The molecular weight excluding hydrogens is 367 g/mol. The maximum atomic E-state index is 12.6.